The Hall–Kier alpha value is -2.97. The second kappa shape index (κ2) is 8.59. The van der Waals surface area contributed by atoms with E-state index in [0.29, 0.717) is 43.8 Å². The molecule has 150 valence electrons. The lowest BCUT2D eigenvalue weighted by Crippen LogP contribution is -2.44. The van der Waals surface area contributed by atoms with E-state index in [9.17, 15) is 14.4 Å². The van der Waals surface area contributed by atoms with Gasteiger partial charge in [-0.15, -0.1) is 11.3 Å². The fraction of sp³-hybridized carbons (Fsp3) is 0.286. The van der Waals surface area contributed by atoms with Crippen LogP contribution < -0.4 is 5.32 Å². The standard InChI is InChI=1S/C21H21N3O4S/c25-19(22-12-15-4-3-11-29-15)14-24-13-17(16-5-1-2-6-18(16)24)20(26)21(27)23-7-9-28-10-8-23/h1-6,11,13H,7-10,12,14H2,(H,22,25). The Bertz CT molecular complexity index is 1040. The molecule has 0 saturated carbocycles. The molecule has 3 heterocycles. The van der Waals surface area contributed by atoms with Crippen LogP contribution in [0.2, 0.25) is 0 Å². The van der Waals surface area contributed by atoms with Crippen LogP contribution in [-0.2, 0) is 27.4 Å². The van der Waals surface area contributed by atoms with E-state index in [2.05, 4.69) is 5.32 Å². The molecule has 2 aromatic heterocycles. The van der Waals surface area contributed by atoms with Gasteiger partial charge in [-0.2, -0.15) is 0 Å². The number of benzene rings is 1. The molecule has 1 aromatic carbocycles. The lowest BCUT2D eigenvalue weighted by Gasteiger charge is -2.25. The van der Waals surface area contributed by atoms with Crippen molar-refractivity contribution in [3.63, 3.8) is 0 Å². The number of aromatic nitrogens is 1. The van der Waals surface area contributed by atoms with Crippen LogP contribution in [-0.4, -0.2) is 53.4 Å². The molecule has 1 aliphatic heterocycles. The van der Waals surface area contributed by atoms with E-state index in [1.807, 2.05) is 35.7 Å². The topological polar surface area (TPSA) is 80.6 Å². The first-order valence-electron chi connectivity index (χ1n) is 9.42. The summed E-state index contributed by atoms with van der Waals surface area (Å²) in [6, 6.07) is 11.2. The molecule has 8 heteroatoms. The number of para-hydroxylation sites is 1. The average Bonchev–Trinajstić information content (AvgIpc) is 3.40. The molecule has 1 N–H and O–H groups in total. The monoisotopic (exact) mass is 411 g/mol. The average molecular weight is 411 g/mol. The number of hydrogen-bond acceptors (Lipinski definition) is 5. The Morgan fingerprint density at radius 3 is 2.62 bits per heavy atom. The summed E-state index contributed by atoms with van der Waals surface area (Å²) in [6.07, 6.45) is 1.61. The summed E-state index contributed by atoms with van der Waals surface area (Å²) in [5.41, 5.74) is 1.07. The zero-order chi connectivity index (χ0) is 20.2. The third-order valence-electron chi connectivity index (χ3n) is 4.88. The van der Waals surface area contributed by atoms with Gasteiger partial charge in [-0.1, -0.05) is 24.3 Å². The number of thiophene rings is 1. The molecule has 7 nitrogen and oxygen atoms in total. The maximum atomic E-state index is 12.9. The summed E-state index contributed by atoms with van der Waals surface area (Å²) in [4.78, 5) is 40.5. The highest BCUT2D eigenvalue weighted by Gasteiger charge is 2.27. The van der Waals surface area contributed by atoms with Gasteiger partial charge < -0.3 is 19.5 Å². The molecule has 0 radical (unpaired) electrons. The Labute approximate surface area is 171 Å². The number of nitrogens with zero attached hydrogens (tertiary/aromatic N) is 2. The summed E-state index contributed by atoms with van der Waals surface area (Å²) < 4.78 is 6.97. The lowest BCUT2D eigenvalue weighted by molar-refractivity contribution is -0.130. The van der Waals surface area contributed by atoms with Crippen molar-refractivity contribution in [1.82, 2.24) is 14.8 Å². The summed E-state index contributed by atoms with van der Waals surface area (Å²) >= 11 is 1.58. The molecule has 0 atom stereocenters. The number of fused-ring (bicyclic) bond motifs is 1. The summed E-state index contributed by atoms with van der Waals surface area (Å²) in [7, 11) is 0. The summed E-state index contributed by atoms with van der Waals surface area (Å²) in [5, 5.41) is 5.52. The molecule has 29 heavy (non-hydrogen) atoms. The van der Waals surface area contributed by atoms with E-state index in [0.717, 1.165) is 10.4 Å². The minimum Gasteiger partial charge on any atom is -0.378 e. The molecule has 0 bridgehead atoms. The largest absolute Gasteiger partial charge is 0.378 e. The number of ketones is 1. The molecular weight excluding hydrogens is 390 g/mol. The van der Waals surface area contributed by atoms with Crippen LogP contribution >= 0.6 is 11.3 Å². The van der Waals surface area contributed by atoms with Crippen molar-refractivity contribution in [1.29, 1.82) is 0 Å². The SMILES string of the molecule is O=C(Cn1cc(C(=O)C(=O)N2CCOCC2)c2ccccc21)NCc1cccs1. The van der Waals surface area contributed by atoms with E-state index in [1.54, 1.807) is 28.2 Å². The minimum absolute atomic E-state index is 0.0743. The van der Waals surface area contributed by atoms with Crippen molar-refractivity contribution in [3.8, 4) is 0 Å². The van der Waals surface area contributed by atoms with Crippen molar-refractivity contribution in [2.45, 2.75) is 13.1 Å². The van der Waals surface area contributed by atoms with Crippen LogP contribution in [0.5, 0.6) is 0 Å². The van der Waals surface area contributed by atoms with Crippen LogP contribution in [0.15, 0.2) is 48.0 Å². The van der Waals surface area contributed by atoms with Crippen LogP contribution in [0.1, 0.15) is 15.2 Å². The van der Waals surface area contributed by atoms with Crippen molar-refractivity contribution in [3.05, 3.63) is 58.4 Å². The molecule has 0 aliphatic carbocycles. The molecular formula is C21H21N3O4S. The number of carbonyl (C=O) groups excluding carboxylic acids is 3. The van der Waals surface area contributed by atoms with Crippen LogP contribution in [0, 0.1) is 0 Å². The van der Waals surface area contributed by atoms with Crippen molar-refractivity contribution in [2.75, 3.05) is 26.3 Å². The number of ether oxygens (including phenoxy) is 1. The van der Waals surface area contributed by atoms with Gasteiger partial charge in [-0.3, -0.25) is 14.4 Å². The first-order valence-corrected chi connectivity index (χ1v) is 10.3. The molecule has 1 saturated heterocycles. The predicted octanol–water partition coefficient (Wildman–Crippen LogP) is 2.06. The van der Waals surface area contributed by atoms with Crippen molar-refractivity contribution >= 4 is 39.8 Å². The Morgan fingerprint density at radius 2 is 1.86 bits per heavy atom. The lowest BCUT2D eigenvalue weighted by atomic mass is 10.1. The van der Waals surface area contributed by atoms with Gasteiger partial charge in [-0.25, -0.2) is 0 Å². The van der Waals surface area contributed by atoms with Gasteiger partial charge in [0.15, 0.2) is 0 Å². The van der Waals surface area contributed by atoms with Gasteiger partial charge in [0.2, 0.25) is 5.91 Å². The third-order valence-corrected chi connectivity index (χ3v) is 5.76. The second-order valence-electron chi connectivity index (χ2n) is 6.78. The first kappa shape index (κ1) is 19.4. The molecule has 3 aromatic rings. The number of hydrogen-bond donors (Lipinski definition) is 1. The van der Waals surface area contributed by atoms with Crippen LogP contribution in [0.25, 0.3) is 10.9 Å². The third kappa shape index (κ3) is 4.23. The maximum Gasteiger partial charge on any atom is 0.295 e. The maximum absolute atomic E-state index is 12.9. The highest BCUT2D eigenvalue weighted by Crippen LogP contribution is 2.22. The van der Waals surface area contributed by atoms with Gasteiger partial charge >= 0.3 is 0 Å². The van der Waals surface area contributed by atoms with E-state index >= 15 is 0 Å². The minimum atomic E-state index is -0.555. The summed E-state index contributed by atoms with van der Waals surface area (Å²) in [5.74, 6) is -1.24. The molecule has 1 fully saturated rings. The normalized spacial score (nSPS) is 14.1. The van der Waals surface area contributed by atoms with Crippen molar-refractivity contribution in [2.24, 2.45) is 0 Å². The van der Waals surface area contributed by atoms with E-state index < -0.39 is 11.7 Å². The molecule has 4 rings (SSSR count). The number of rotatable bonds is 6. The fourth-order valence-corrected chi connectivity index (χ4v) is 4.04. The summed E-state index contributed by atoms with van der Waals surface area (Å²) in [6.45, 7) is 2.24. The second-order valence-corrected chi connectivity index (χ2v) is 7.81. The molecule has 2 amide bonds. The quantitative estimate of drug-likeness (QED) is 0.497. The first-order chi connectivity index (χ1) is 14.1. The highest BCUT2D eigenvalue weighted by atomic mass is 32.1. The Balaban J connectivity index is 1.53. The highest BCUT2D eigenvalue weighted by molar-refractivity contribution is 7.09. The predicted molar refractivity (Wildman–Crippen MR) is 110 cm³/mol. The van der Waals surface area contributed by atoms with Gasteiger partial charge in [0.05, 0.1) is 25.3 Å². The van der Waals surface area contributed by atoms with E-state index in [1.165, 1.54) is 4.90 Å². The Morgan fingerprint density at radius 1 is 1.07 bits per heavy atom. The van der Waals surface area contributed by atoms with Gasteiger partial charge in [0.25, 0.3) is 11.7 Å². The number of nitrogens with one attached hydrogen (secondary N) is 1. The zero-order valence-corrected chi connectivity index (χ0v) is 16.6. The van der Waals surface area contributed by atoms with E-state index in [-0.39, 0.29) is 12.5 Å². The number of morpholine rings is 1. The number of carbonyl (C=O) groups is 3. The zero-order valence-electron chi connectivity index (χ0n) is 15.8. The Kier molecular flexibility index (Phi) is 5.73. The fourth-order valence-electron chi connectivity index (χ4n) is 3.39. The molecule has 0 spiro atoms. The van der Waals surface area contributed by atoms with Crippen LogP contribution in [0.4, 0.5) is 0 Å². The number of amides is 2. The van der Waals surface area contributed by atoms with Gasteiger partial charge in [-0.05, 0) is 17.5 Å². The molecule has 1 aliphatic rings. The van der Waals surface area contributed by atoms with Gasteiger partial charge in [0, 0.05) is 35.1 Å². The number of Topliss-reactive ketones (excluding diaryl/α,β-unsaturated/α-hetero) is 1. The van der Waals surface area contributed by atoms with Gasteiger partial charge in [0.1, 0.15) is 6.54 Å². The van der Waals surface area contributed by atoms with E-state index in [4.69, 9.17) is 4.74 Å². The van der Waals surface area contributed by atoms with Crippen LogP contribution in [0.3, 0.4) is 0 Å². The smallest absolute Gasteiger partial charge is 0.295 e. The van der Waals surface area contributed by atoms with Crippen molar-refractivity contribution < 1.29 is 19.1 Å². The molecule has 0 unspecified atom stereocenters.